The van der Waals surface area contributed by atoms with Gasteiger partial charge < -0.3 is 19.5 Å². The van der Waals surface area contributed by atoms with E-state index in [0.29, 0.717) is 10.0 Å². The summed E-state index contributed by atoms with van der Waals surface area (Å²) in [6.07, 6.45) is 3.27. The van der Waals surface area contributed by atoms with E-state index in [1.54, 1.807) is 43.3 Å². The van der Waals surface area contributed by atoms with Gasteiger partial charge in [0.15, 0.2) is 0 Å². The van der Waals surface area contributed by atoms with Gasteiger partial charge in [-0.1, -0.05) is 33.6 Å². The zero-order valence-corrected chi connectivity index (χ0v) is 19.2. The average molecular weight is 486 g/mol. The number of hydrogen-bond acceptors (Lipinski definition) is 6. The number of aryl methyl sites for hydroxylation is 1. The first-order valence-electron chi connectivity index (χ1n) is 9.96. The lowest BCUT2D eigenvalue weighted by atomic mass is 9.82. The summed E-state index contributed by atoms with van der Waals surface area (Å²) in [6, 6.07) is 12.5. The molecule has 7 heteroatoms. The topological polar surface area (TPSA) is 76.1 Å². The van der Waals surface area contributed by atoms with Crippen molar-refractivity contribution in [3.05, 3.63) is 81.6 Å². The molecule has 1 aliphatic rings. The molecule has 0 atom stereocenters. The Morgan fingerprint density at radius 2 is 1.52 bits per heavy atom. The van der Waals surface area contributed by atoms with Gasteiger partial charge in [0.1, 0.15) is 5.75 Å². The standard InChI is InChI=1S/C24H24BrNO5/c1-4-30-23(28)19-13-26(17-9-6-15(3)7-10-17)14-20(24(29)31-5-2)22(19)18-12-16(25)8-11-21(18)27/h6-14,22,27H,4-5H2,1-3H3. The first-order valence-corrected chi connectivity index (χ1v) is 10.8. The van der Waals surface area contributed by atoms with Gasteiger partial charge in [-0.25, -0.2) is 9.59 Å². The Bertz CT molecular complexity index is 1010. The average Bonchev–Trinajstić information content (AvgIpc) is 2.75. The lowest BCUT2D eigenvalue weighted by Crippen LogP contribution is -2.29. The van der Waals surface area contributed by atoms with E-state index in [4.69, 9.17) is 9.47 Å². The number of phenols is 1. The van der Waals surface area contributed by atoms with Crippen LogP contribution in [0.3, 0.4) is 0 Å². The van der Waals surface area contributed by atoms with Crippen LogP contribution in [-0.2, 0) is 19.1 Å². The van der Waals surface area contributed by atoms with Gasteiger partial charge in [-0.15, -0.1) is 0 Å². The molecule has 0 saturated carbocycles. The molecule has 2 aromatic rings. The maximum atomic E-state index is 12.9. The molecule has 162 valence electrons. The summed E-state index contributed by atoms with van der Waals surface area (Å²) in [6.45, 7) is 5.76. The summed E-state index contributed by atoms with van der Waals surface area (Å²) < 4.78 is 11.3. The number of esters is 2. The third-order valence-corrected chi connectivity index (χ3v) is 5.33. The van der Waals surface area contributed by atoms with Gasteiger partial charge in [0, 0.05) is 28.1 Å². The molecule has 0 spiro atoms. The van der Waals surface area contributed by atoms with Crippen LogP contribution in [0.4, 0.5) is 5.69 Å². The number of carbonyl (C=O) groups excluding carboxylic acids is 2. The summed E-state index contributed by atoms with van der Waals surface area (Å²) in [7, 11) is 0. The normalized spacial score (nSPS) is 14.0. The largest absolute Gasteiger partial charge is 0.508 e. The van der Waals surface area contributed by atoms with Gasteiger partial charge >= 0.3 is 11.9 Å². The molecule has 0 bridgehead atoms. The summed E-state index contributed by atoms with van der Waals surface area (Å²) >= 11 is 3.40. The molecule has 0 aromatic heterocycles. The van der Waals surface area contributed by atoms with E-state index in [9.17, 15) is 14.7 Å². The van der Waals surface area contributed by atoms with Crippen molar-refractivity contribution in [2.24, 2.45) is 0 Å². The molecule has 31 heavy (non-hydrogen) atoms. The number of ether oxygens (including phenoxy) is 2. The monoisotopic (exact) mass is 485 g/mol. The smallest absolute Gasteiger partial charge is 0.336 e. The third kappa shape index (κ3) is 4.99. The molecular formula is C24H24BrNO5. The van der Waals surface area contributed by atoms with Crippen LogP contribution in [0.25, 0.3) is 0 Å². The summed E-state index contributed by atoms with van der Waals surface area (Å²) in [5, 5.41) is 10.6. The molecular weight excluding hydrogens is 462 g/mol. The molecule has 0 radical (unpaired) electrons. The van der Waals surface area contributed by atoms with Crippen LogP contribution in [0.2, 0.25) is 0 Å². The Balaban J connectivity index is 2.21. The van der Waals surface area contributed by atoms with E-state index in [1.807, 2.05) is 31.2 Å². The van der Waals surface area contributed by atoms with E-state index in [1.165, 1.54) is 6.07 Å². The highest BCUT2D eigenvalue weighted by molar-refractivity contribution is 9.10. The fraction of sp³-hybridized carbons (Fsp3) is 0.250. The highest BCUT2D eigenvalue weighted by atomic mass is 79.9. The molecule has 2 aromatic carbocycles. The minimum Gasteiger partial charge on any atom is -0.508 e. The number of anilines is 1. The quantitative estimate of drug-likeness (QED) is 0.582. The number of rotatable bonds is 6. The Morgan fingerprint density at radius 1 is 0.968 bits per heavy atom. The van der Waals surface area contributed by atoms with Crippen LogP contribution in [0.5, 0.6) is 5.75 Å². The van der Waals surface area contributed by atoms with Crippen molar-refractivity contribution in [3.8, 4) is 5.75 Å². The molecule has 1 aliphatic heterocycles. The van der Waals surface area contributed by atoms with Gasteiger partial charge in [-0.3, -0.25) is 0 Å². The van der Waals surface area contributed by atoms with E-state index < -0.39 is 17.9 Å². The molecule has 0 unspecified atom stereocenters. The maximum Gasteiger partial charge on any atom is 0.336 e. The van der Waals surface area contributed by atoms with Crippen molar-refractivity contribution < 1.29 is 24.2 Å². The van der Waals surface area contributed by atoms with Crippen LogP contribution in [0.15, 0.2) is 70.5 Å². The van der Waals surface area contributed by atoms with E-state index >= 15 is 0 Å². The Kier molecular flexibility index (Phi) is 7.17. The van der Waals surface area contributed by atoms with E-state index in [0.717, 1.165) is 11.3 Å². The lowest BCUT2D eigenvalue weighted by Gasteiger charge is -2.30. The first kappa shape index (κ1) is 22.6. The molecule has 1 heterocycles. The van der Waals surface area contributed by atoms with Crippen molar-refractivity contribution in [1.82, 2.24) is 0 Å². The number of carbonyl (C=O) groups is 2. The second kappa shape index (κ2) is 9.83. The minimum absolute atomic E-state index is 0.0395. The van der Waals surface area contributed by atoms with Gasteiger partial charge in [-0.2, -0.15) is 0 Å². The van der Waals surface area contributed by atoms with Crippen molar-refractivity contribution in [2.75, 3.05) is 18.1 Å². The summed E-state index contributed by atoms with van der Waals surface area (Å²) in [5.74, 6) is -2.03. The SMILES string of the molecule is CCOC(=O)C1=CN(c2ccc(C)cc2)C=C(C(=O)OCC)C1c1cc(Br)ccc1O. The molecule has 3 rings (SSSR count). The van der Waals surface area contributed by atoms with Crippen LogP contribution in [0, 0.1) is 6.92 Å². The minimum atomic E-state index is -0.850. The predicted octanol–water partition coefficient (Wildman–Crippen LogP) is 4.96. The van der Waals surface area contributed by atoms with Crippen LogP contribution >= 0.6 is 15.9 Å². The van der Waals surface area contributed by atoms with Crippen LogP contribution < -0.4 is 4.90 Å². The van der Waals surface area contributed by atoms with Gasteiger partial charge in [0.25, 0.3) is 0 Å². The number of halogens is 1. The van der Waals surface area contributed by atoms with E-state index in [-0.39, 0.29) is 30.1 Å². The van der Waals surface area contributed by atoms with Crippen LogP contribution in [-0.4, -0.2) is 30.3 Å². The summed E-state index contributed by atoms with van der Waals surface area (Å²) in [4.78, 5) is 27.6. The Labute approximate surface area is 189 Å². The first-order chi connectivity index (χ1) is 14.8. The van der Waals surface area contributed by atoms with Crippen molar-refractivity contribution >= 4 is 33.6 Å². The predicted molar refractivity (Wildman–Crippen MR) is 122 cm³/mol. The third-order valence-electron chi connectivity index (χ3n) is 4.83. The fourth-order valence-corrected chi connectivity index (χ4v) is 3.76. The molecule has 0 fully saturated rings. The van der Waals surface area contributed by atoms with Gasteiger partial charge in [0.05, 0.1) is 30.3 Å². The molecule has 6 nitrogen and oxygen atoms in total. The lowest BCUT2D eigenvalue weighted by molar-refractivity contribution is -0.139. The second-order valence-electron chi connectivity index (χ2n) is 6.99. The number of phenolic OH excluding ortho intramolecular Hbond substituents is 1. The van der Waals surface area contributed by atoms with Crippen LogP contribution in [0.1, 0.15) is 30.9 Å². The molecule has 0 saturated heterocycles. The van der Waals surface area contributed by atoms with Crippen molar-refractivity contribution in [3.63, 3.8) is 0 Å². The highest BCUT2D eigenvalue weighted by Crippen LogP contribution is 2.42. The van der Waals surface area contributed by atoms with Gasteiger partial charge in [-0.05, 0) is 51.1 Å². The summed E-state index contributed by atoms with van der Waals surface area (Å²) in [5.41, 5.74) is 2.70. The Morgan fingerprint density at radius 3 is 2.03 bits per heavy atom. The second-order valence-corrected chi connectivity index (χ2v) is 7.90. The zero-order chi connectivity index (χ0) is 22.5. The molecule has 0 aliphatic carbocycles. The number of aromatic hydroxyl groups is 1. The highest BCUT2D eigenvalue weighted by Gasteiger charge is 2.37. The van der Waals surface area contributed by atoms with Crippen molar-refractivity contribution in [1.29, 1.82) is 0 Å². The van der Waals surface area contributed by atoms with Crippen molar-refractivity contribution in [2.45, 2.75) is 26.7 Å². The van der Waals surface area contributed by atoms with Gasteiger partial charge in [0.2, 0.25) is 0 Å². The Hall–Kier alpha value is -3.06. The fourth-order valence-electron chi connectivity index (χ4n) is 3.38. The van der Waals surface area contributed by atoms with E-state index in [2.05, 4.69) is 15.9 Å². The number of nitrogens with zero attached hydrogens (tertiary/aromatic N) is 1. The number of hydrogen-bond donors (Lipinski definition) is 1. The zero-order valence-electron chi connectivity index (χ0n) is 17.6. The molecule has 1 N–H and O–H groups in total. The number of benzene rings is 2. The maximum absolute atomic E-state index is 12.9. The molecule has 0 amide bonds.